The third-order valence-electron chi connectivity index (χ3n) is 2.80. The van der Waals surface area contributed by atoms with Gasteiger partial charge in [-0.3, -0.25) is 0 Å². The molecule has 2 rings (SSSR count). The Bertz CT molecular complexity index is 370. The average molecular weight is 185 g/mol. The molecule has 1 aliphatic heterocycles. The molecule has 1 heterocycles. The lowest BCUT2D eigenvalue weighted by Gasteiger charge is -2.29. The number of rotatable bonds is 1. The molecule has 1 aliphatic carbocycles. The minimum atomic E-state index is 0.630. The molecule has 0 radical (unpaired) electrons. The highest BCUT2D eigenvalue weighted by Crippen LogP contribution is 2.23. The fourth-order valence-electron chi connectivity index (χ4n) is 2.05. The Morgan fingerprint density at radius 1 is 1.50 bits per heavy atom. The molecule has 1 heteroatoms. The van der Waals surface area contributed by atoms with Gasteiger partial charge >= 0.3 is 0 Å². The molecule has 1 nitrogen and oxygen atoms in total. The van der Waals surface area contributed by atoms with E-state index >= 15 is 0 Å². The lowest BCUT2D eigenvalue weighted by molar-refractivity contribution is 0.233. The van der Waals surface area contributed by atoms with Gasteiger partial charge < -0.3 is 4.90 Å². The molecule has 0 spiro atoms. The fourth-order valence-corrected chi connectivity index (χ4v) is 2.05. The van der Waals surface area contributed by atoms with Crippen LogP contribution < -0.4 is 0 Å². The van der Waals surface area contributed by atoms with Crippen LogP contribution in [-0.4, -0.2) is 25.0 Å². The Kier molecular flexibility index (Phi) is 2.89. The second-order valence-electron chi connectivity index (χ2n) is 3.98. The third-order valence-corrected chi connectivity index (χ3v) is 2.80. The highest BCUT2D eigenvalue weighted by Gasteiger charge is 2.19. The van der Waals surface area contributed by atoms with E-state index in [1.54, 1.807) is 0 Å². The van der Waals surface area contributed by atoms with Crippen LogP contribution in [0.4, 0.5) is 0 Å². The van der Waals surface area contributed by atoms with E-state index in [9.17, 15) is 0 Å². The molecule has 0 aromatic carbocycles. The van der Waals surface area contributed by atoms with Crippen LogP contribution in [0.25, 0.3) is 0 Å². The van der Waals surface area contributed by atoms with Crippen LogP contribution in [0.1, 0.15) is 12.8 Å². The summed E-state index contributed by atoms with van der Waals surface area (Å²) in [5.74, 6) is 0.630. The molecule has 0 amide bonds. The van der Waals surface area contributed by atoms with Gasteiger partial charge in [-0.1, -0.05) is 17.5 Å². The second-order valence-corrected chi connectivity index (χ2v) is 3.98. The van der Waals surface area contributed by atoms with Gasteiger partial charge in [-0.25, -0.2) is 0 Å². The first kappa shape index (κ1) is 9.34. The van der Waals surface area contributed by atoms with Gasteiger partial charge in [0.25, 0.3) is 0 Å². The summed E-state index contributed by atoms with van der Waals surface area (Å²) in [6, 6.07) is 0. The first-order valence-corrected chi connectivity index (χ1v) is 5.18. The summed E-state index contributed by atoms with van der Waals surface area (Å²) < 4.78 is 0. The molecular formula is C13H15N. The topological polar surface area (TPSA) is 3.24 Å². The van der Waals surface area contributed by atoms with Crippen LogP contribution in [-0.2, 0) is 0 Å². The Balaban J connectivity index is 2.19. The molecule has 1 fully saturated rings. The first-order chi connectivity index (χ1) is 6.86. The van der Waals surface area contributed by atoms with Crippen molar-refractivity contribution in [3.63, 3.8) is 0 Å². The predicted molar refractivity (Wildman–Crippen MR) is 58.0 cm³/mol. The molecule has 0 aromatic rings. The van der Waals surface area contributed by atoms with E-state index in [2.05, 4.69) is 35.2 Å². The van der Waals surface area contributed by atoms with Gasteiger partial charge in [-0.05, 0) is 44.3 Å². The van der Waals surface area contributed by atoms with Gasteiger partial charge in [0, 0.05) is 18.0 Å². The maximum atomic E-state index is 3.18. The van der Waals surface area contributed by atoms with Gasteiger partial charge in [0.05, 0.1) is 0 Å². The average Bonchev–Trinajstić information content (AvgIpc) is 2.45. The zero-order chi connectivity index (χ0) is 9.80. The number of hydrogen-bond donors (Lipinski definition) is 0. The normalized spacial score (nSPS) is 26.4. The standard InChI is InChI=1S/C13H15N/c1-14-10-6-9-13(11-14)12-7-4-2-3-5-8-12/h2,4,7,13H,6,9-11H2,1H3. The van der Waals surface area contributed by atoms with Gasteiger partial charge in [-0.15, -0.1) is 0 Å². The monoisotopic (exact) mass is 185 g/mol. The summed E-state index contributed by atoms with van der Waals surface area (Å²) >= 11 is 0. The molecule has 72 valence electrons. The predicted octanol–water partition coefficient (Wildman–Crippen LogP) is 2.29. The summed E-state index contributed by atoms with van der Waals surface area (Å²) in [6.45, 7) is 2.37. The molecule has 1 atom stereocenters. The van der Waals surface area contributed by atoms with Gasteiger partial charge in [-0.2, -0.15) is 0 Å². The summed E-state index contributed by atoms with van der Waals surface area (Å²) in [5.41, 5.74) is 10.3. The van der Waals surface area contributed by atoms with E-state index in [0.717, 1.165) is 6.54 Å². The van der Waals surface area contributed by atoms with Crippen molar-refractivity contribution in [2.75, 3.05) is 20.1 Å². The Morgan fingerprint density at radius 3 is 3.29 bits per heavy atom. The summed E-state index contributed by atoms with van der Waals surface area (Å²) in [7, 11) is 2.19. The molecule has 0 saturated carbocycles. The maximum Gasteiger partial charge on any atom is 0.00743 e. The van der Waals surface area contributed by atoms with Gasteiger partial charge in [0.15, 0.2) is 0 Å². The Morgan fingerprint density at radius 2 is 2.43 bits per heavy atom. The van der Waals surface area contributed by atoms with Crippen LogP contribution >= 0.6 is 0 Å². The minimum Gasteiger partial charge on any atom is -0.306 e. The number of piperidine rings is 1. The van der Waals surface area contributed by atoms with E-state index in [1.165, 1.54) is 25.0 Å². The van der Waals surface area contributed by atoms with E-state index in [-0.39, 0.29) is 0 Å². The van der Waals surface area contributed by atoms with Crippen molar-refractivity contribution >= 4 is 0 Å². The first-order valence-electron chi connectivity index (χ1n) is 5.18. The zero-order valence-electron chi connectivity index (χ0n) is 8.59. The van der Waals surface area contributed by atoms with Crippen LogP contribution in [0, 0.1) is 5.92 Å². The summed E-state index contributed by atoms with van der Waals surface area (Å²) in [4.78, 5) is 2.39. The quantitative estimate of drug-likeness (QED) is 0.566. The number of allylic oxidation sites excluding steroid dienone is 3. The number of likely N-dealkylation sites (tertiary alicyclic amines) is 1. The lowest BCUT2D eigenvalue weighted by atomic mass is 9.91. The van der Waals surface area contributed by atoms with Gasteiger partial charge in [0.1, 0.15) is 0 Å². The SMILES string of the molecule is CN1CCCC(C2=C=C=C=CC=C2)C1. The van der Waals surface area contributed by atoms with Crippen LogP contribution in [0.15, 0.2) is 41.0 Å². The van der Waals surface area contributed by atoms with E-state index < -0.39 is 0 Å². The lowest BCUT2D eigenvalue weighted by Crippen LogP contribution is -2.32. The largest absolute Gasteiger partial charge is 0.306 e. The van der Waals surface area contributed by atoms with Crippen molar-refractivity contribution in [1.82, 2.24) is 4.90 Å². The van der Waals surface area contributed by atoms with Crippen molar-refractivity contribution in [2.24, 2.45) is 5.92 Å². The van der Waals surface area contributed by atoms with Crippen molar-refractivity contribution in [3.05, 3.63) is 41.0 Å². The maximum absolute atomic E-state index is 3.18. The molecule has 2 aliphatic rings. The molecule has 1 saturated heterocycles. The van der Waals surface area contributed by atoms with Crippen molar-refractivity contribution in [2.45, 2.75) is 12.8 Å². The Labute approximate surface area is 85.4 Å². The summed E-state index contributed by atoms with van der Waals surface area (Å²) in [5, 5.41) is 0. The van der Waals surface area contributed by atoms with E-state index in [4.69, 9.17) is 0 Å². The highest BCUT2D eigenvalue weighted by molar-refractivity contribution is 5.26. The summed E-state index contributed by atoms with van der Waals surface area (Å²) in [6.07, 6.45) is 8.61. The van der Waals surface area contributed by atoms with Gasteiger partial charge in [0.2, 0.25) is 0 Å². The second kappa shape index (κ2) is 4.33. The van der Waals surface area contributed by atoms with Crippen molar-refractivity contribution in [1.29, 1.82) is 0 Å². The highest BCUT2D eigenvalue weighted by atomic mass is 15.1. The molecular weight excluding hydrogens is 170 g/mol. The minimum absolute atomic E-state index is 0.630. The fraction of sp³-hybridized carbons (Fsp3) is 0.462. The van der Waals surface area contributed by atoms with Crippen LogP contribution in [0.3, 0.4) is 0 Å². The van der Waals surface area contributed by atoms with E-state index in [1.807, 2.05) is 12.2 Å². The number of nitrogens with zero attached hydrogens (tertiary/aromatic N) is 1. The van der Waals surface area contributed by atoms with Crippen LogP contribution in [0.5, 0.6) is 0 Å². The smallest absolute Gasteiger partial charge is 0.00743 e. The van der Waals surface area contributed by atoms with Crippen LogP contribution in [0.2, 0.25) is 0 Å². The zero-order valence-corrected chi connectivity index (χ0v) is 8.59. The van der Waals surface area contributed by atoms with E-state index in [0.29, 0.717) is 5.92 Å². The number of hydrogen-bond acceptors (Lipinski definition) is 1. The molecule has 1 unspecified atom stereocenters. The Hall–Kier alpha value is -1.22. The molecule has 0 N–H and O–H groups in total. The van der Waals surface area contributed by atoms with Crippen molar-refractivity contribution in [3.8, 4) is 0 Å². The van der Waals surface area contributed by atoms with Crippen molar-refractivity contribution < 1.29 is 0 Å². The third kappa shape index (κ3) is 2.17. The molecule has 0 aromatic heterocycles. The molecule has 0 bridgehead atoms. The molecule has 14 heavy (non-hydrogen) atoms.